The minimum absolute atomic E-state index is 0.378. The van der Waals surface area contributed by atoms with Crippen LogP contribution in [0.25, 0.3) is 0 Å². The summed E-state index contributed by atoms with van der Waals surface area (Å²) in [5.74, 6) is 1.57. The van der Waals surface area contributed by atoms with Crippen LogP contribution in [-0.4, -0.2) is 58.6 Å². The van der Waals surface area contributed by atoms with E-state index in [1.807, 2.05) is 19.1 Å². The zero-order valence-electron chi connectivity index (χ0n) is 29.2. The summed E-state index contributed by atoms with van der Waals surface area (Å²) < 4.78 is 26.5. The van der Waals surface area contributed by atoms with Crippen LogP contribution in [0.4, 0.5) is 0 Å². The van der Waals surface area contributed by atoms with Crippen molar-refractivity contribution < 1.29 is 42.9 Å². The Bertz CT molecular complexity index is 1380. The first-order valence-corrected chi connectivity index (χ1v) is 16.2. The van der Waals surface area contributed by atoms with Crippen molar-refractivity contribution in [1.29, 1.82) is 0 Å². The third-order valence-electron chi connectivity index (χ3n) is 7.08. The number of rotatable bonds is 15. The summed E-state index contributed by atoms with van der Waals surface area (Å²) in [6.07, 6.45) is 11.5. The van der Waals surface area contributed by atoms with Crippen LogP contribution in [0.2, 0.25) is 0 Å². The molecule has 0 heterocycles. The second-order valence-electron chi connectivity index (χ2n) is 11.0. The lowest BCUT2D eigenvalue weighted by atomic mass is 9.82. The van der Waals surface area contributed by atoms with Crippen molar-refractivity contribution >= 4 is 24.5 Å². The molecule has 1 saturated carbocycles. The summed E-state index contributed by atoms with van der Waals surface area (Å²) in [6, 6.07) is 18.8. The van der Waals surface area contributed by atoms with Crippen molar-refractivity contribution in [2.45, 2.75) is 52.4 Å². The van der Waals surface area contributed by atoms with Gasteiger partial charge in [0.1, 0.15) is 29.8 Å². The molecule has 3 aromatic carbocycles. The Balaban J connectivity index is 0.000000578. The summed E-state index contributed by atoms with van der Waals surface area (Å²) in [5.41, 5.74) is 2.61. The van der Waals surface area contributed by atoms with Crippen LogP contribution in [0.1, 0.15) is 70.4 Å². The second kappa shape index (κ2) is 26.1. The number of hydrogen-bond acceptors (Lipinski definition) is 9. The van der Waals surface area contributed by atoms with Crippen molar-refractivity contribution in [3.8, 4) is 17.2 Å². The monoisotopic (exact) mass is 674 g/mol. The molecule has 1 aliphatic rings. The Morgan fingerprint density at radius 2 is 1.22 bits per heavy atom. The molecule has 264 valence electrons. The van der Waals surface area contributed by atoms with Gasteiger partial charge >= 0.3 is 11.9 Å². The van der Waals surface area contributed by atoms with Crippen LogP contribution in [0.3, 0.4) is 0 Å². The van der Waals surface area contributed by atoms with Gasteiger partial charge in [0, 0.05) is 33.9 Å². The van der Waals surface area contributed by atoms with Crippen molar-refractivity contribution in [3.63, 3.8) is 0 Å². The van der Waals surface area contributed by atoms with E-state index in [1.165, 1.54) is 44.3 Å². The van der Waals surface area contributed by atoms with E-state index in [2.05, 4.69) is 13.2 Å². The molecule has 9 nitrogen and oxygen atoms in total. The Morgan fingerprint density at radius 1 is 0.714 bits per heavy atom. The smallest absolute Gasteiger partial charge is 0.343 e. The molecular weight excluding hydrogens is 624 g/mol. The van der Waals surface area contributed by atoms with Crippen LogP contribution in [0.5, 0.6) is 17.2 Å². The van der Waals surface area contributed by atoms with Crippen molar-refractivity contribution in [3.05, 3.63) is 114 Å². The van der Waals surface area contributed by atoms with E-state index in [-0.39, 0.29) is 0 Å². The molecule has 0 radical (unpaired) electrons. The molecule has 4 rings (SSSR count). The zero-order valence-corrected chi connectivity index (χ0v) is 29.2. The van der Waals surface area contributed by atoms with Crippen LogP contribution >= 0.6 is 0 Å². The number of aldehydes is 2. The SMILES string of the molecule is C=CC=O.C=CC=O.COCCCC1CCC1.COCCCOc1ccc(C(=O)Oc2ccc(OC(=O)c3ccc(C)cc3)cc2C)cc1. The molecule has 1 aliphatic carbocycles. The van der Waals surface area contributed by atoms with Gasteiger partial charge in [0.05, 0.1) is 17.7 Å². The van der Waals surface area contributed by atoms with Gasteiger partial charge in [0.15, 0.2) is 0 Å². The van der Waals surface area contributed by atoms with Crippen molar-refractivity contribution in [2.24, 2.45) is 5.92 Å². The van der Waals surface area contributed by atoms with Gasteiger partial charge in [0.2, 0.25) is 0 Å². The predicted molar refractivity (Wildman–Crippen MR) is 192 cm³/mol. The summed E-state index contributed by atoms with van der Waals surface area (Å²) >= 11 is 0. The van der Waals surface area contributed by atoms with Crippen LogP contribution in [-0.2, 0) is 19.1 Å². The van der Waals surface area contributed by atoms with Crippen molar-refractivity contribution in [2.75, 3.05) is 34.0 Å². The molecule has 3 aromatic rings. The minimum atomic E-state index is -0.483. The third-order valence-corrected chi connectivity index (χ3v) is 7.08. The molecule has 0 bridgehead atoms. The van der Waals surface area contributed by atoms with E-state index in [4.69, 9.17) is 33.3 Å². The second-order valence-corrected chi connectivity index (χ2v) is 11.0. The van der Waals surface area contributed by atoms with Gasteiger partial charge in [-0.05, 0) is 105 Å². The number of hydrogen-bond donors (Lipinski definition) is 0. The topological polar surface area (TPSA) is 114 Å². The molecule has 9 heteroatoms. The van der Waals surface area contributed by atoms with Gasteiger partial charge in [0.25, 0.3) is 0 Å². The standard InChI is InChI=1S/C26H26O6.C8H16O.2C3H4O/c1-18-5-7-20(8-6-18)25(27)31-23-13-14-24(19(2)17-23)32-26(28)21-9-11-22(12-10-21)30-16-4-15-29-3;1-9-7-3-6-8-4-2-5-8;2*1-2-3-4/h5-14,17H,4,15-16H2,1-3H3;8H,2-7H2,1H3;2*2-3H,1H2. The Kier molecular flexibility index (Phi) is 22.5. The number of aryl methyl sites for hydroxylation is 2. The lowest BCUT2D eigenvalue weighted by Gasteiger charge is -2.24. The molecule has 0 aromatic heterocycles. The maximum absolute atomic E-state index is 12.5. The van der Waals surface area contributed by atoms with E-state index in [0.29, 0.717) is 59.7 Å². The maximum Gasteiger partial charge on any atom is 0.343 e. The van der Waals surface area contributed by atoms with Crippen LogP contribution in [0, 0.1) is 19.8 Å². The quantitative estimate of drug-likeness (QED) is 0.0518. The van der Waals surface area contributed by atoms with Gasteiger partial charge in [-0.15, -0.1) is 0 Å². The molecule has 0 aliphatic heterocycles. The minimum Gasteiger partial charge on any atom is -0.494 e. The molecule has 0 atom stereocenters. The molecule has 0 amide bonds. The van der Waals surface area contributed by atoms with Gasteiger partial charge in [-0.1, -0.05) is 50.1 Å². The highest BCUT2D eigenvalue weighted by Gasteiger charge is 2.16. The molecule has 0 saturated heterocycles. The predicted octanol–water partition coefficient (Wildman–Crippen LogP) is 8.11. The van der Waals surface area contributed by atoms with E-state index < -0.39 is 11.9 Å². The number of carbonyl (C=O) groups is 4. The van der Waals surface area contributed by atoms with Gasteiger partial charge < -0.3 is 23.7 Å². The Hall–Kier alpha value is -4.86. The first-order chi connectivity index (χ1) is 23.7. The van der Waals surface area contributed by atoms with E-state index >= 15 is 0 Å². The molecule has 0 unspecified atom stereocenters. The highest BCUT2D eigenvalue weighted by atomic mass is 16.5. The summed E-state index contributed by atoms with van der Waals surface area (Å²) in [4.78, 5) is 42.9. The first-order valence-electron chi connectivity index (χ1n) is 16.2. The van der Waals surface area contributed by atoms with E-state index in [1.54, 1.807) is 75.7 Å². The molecule has 0 spiro atoms. The lowest BCUT2D eigenvalue weighted by Crippen LogP contribution is -2.11. The average Bonchev–Trinajstić information content (AvgIpc) is 3.10. The lowest BCUT2D eigenvalue weighted by molar-refractivity contribution is -0.104. The highest BCUT2D eigenvalue weighted by molar-refractivity contribution is 5.92. The number of benzene rings is 3. The largest absolute Gasteiger partial charge is 0.494 e. The molecule has 1 fully saturated rings. The van der Waals surface area contributed by atoms with Crippen LogP contribution < -0.4 is 14.2 Å². The first kappa shape index (κ1) is 42.2. The number of esters is 2. The molecule has 0 N–H and O–H groups in total. The van der Waals surface area contributed by atoms with Gasteiger partial charge in [-0.3, -0.25) is 9.59 Å². The maximum atomic E-state index is 12.5. The Morgan fingerprint density at radius 3 is 1.71 bits per heavy atom. The summed E-state index contributed by atoms with van der Waals surface area (Å²) in [5, 5.41) is 0. The normalized spacial score (nSPS) is 11.3. The third kappa shape index (κ3) is 18.3. The van der Waals surface area contributed by atoms with E-state index in [0.717, 1.165) is 24.5 Å². The average molecular weight is 675 g/mol. The van der Waals surface area contributed by atoms with Crippen molar-refractivity contribution in [1.82, 2.24) is 0 Å². The summed E-state index contributed by atoms with van der Waals surface area (Å²) in [7, 11) is 3.43. The van der Waals surface area contributed by atoms with Gasteiger partial charge in [-0.25, -0.2) is 9.59 Å². The summed E-state index contributed by atoms with van der Waals surface area (Å²) in [6.45, 7) is 12.1. The number of carbonyl (C=O) groups excluding carboxylic acids is 4. The molecule has 49 heavy (non-hydrogen) atoms. The number of methoxy groups -OCH3 is 2. The zero-order chi connectivity index (χ0) is 36.3. The Labute approximate surface area is 290 Å². The van der Waals surface area contributed by atoms with Gasteiger partial charge in [-0.2, -0.15) is 0 Å². The fourth-order valence-electron chi connectivity index (χ4n) is 4.19. The fraction of sp³-hybridized carbons (Fsp3) is 0.350. The number of allylic oxidation sites excluding steroid dienone is 2. The van der Waals surface area contributed by atoms with E-state index in [9.17, 15) is 9.59 Å². The van der Waals surface area contributed by atoms with Crippen LogP contribution in [0.15, 0.2) is 92.0 Å². The molecular formula is C40H50O9. The number of ether oxygens (including phenoxy) is 5. The fourth-order valence-corrected chi connectivity index (χ4v) is 4.19. The highest BCUT2D eigenvalue weighted by Crippen LogP contribution is 2.30.